The lowest BCUT2D eigenvalue weighted by molar-refractivity contribution is 0.226. The molecule has 0 saturated carbocycles. The van der Waals surface area contributed by atoms with E-state index in [2.05, 4.69) is 38.9 Å². The van der Waals surface area contributed by atoms with Crippen LogP contribution in [0.25, 0.3) is 0 Å². The van der Waals surface area contributed by atoms with Crippen LogP contribution in [0.15, 0.2) is 44.4 Å². The van der Waals surface area contributed by atoms with Gasteiger partial charge in [0.1, 0.15) is 5.50 Å². The summed E-state index contributed by atoms with van der Waals surface area (Å²) in [5, 5.41) is 16.9. The number of halogens is 1. The molecule has 0 fully saturated rings. The molecule has 142 valence electrons. The molecule has 4 unspecified atom stereocenters. The fourth-order valence-electron chi connectivity index (χ4n) is 2.30. The minimum atomic E-state index is -4.61. The number of aliphatic hydroxyl groups excluding tert-OH is 1. The van der Waals surface area contributed by atoms with Gasteiger partial charge in [-0.15, -0.1) is 15.1 Å². The van der Waals surface area contributed by atoms with Gasteiger partial charge in [0, 0.05) is 23.7 Å². The van der Waals surface area contributed by atoms with Crippen LogP contribution in [0.4, 0.5) is 11.4 Å². The van der Waals surface area contributed by atoms with Crippen LogP contribution in [0.3, 0.4) is 0 Å². The van der Waals surface area contributed by atoms with Gasteiger partial charge in [0.25, 0.3) is 0 Å². The number of nitrogens with zero attached hydrogens (tertiary/aromatic N) is 5. The van der Waals surface area contributed by atoms with E-state index in [0.29, 0.717) is 5.69 Å². The molecule has 2 rings (SSSR count). The van der Waals surface area contributed by atoms with Crippen LogP contribution in [0, 0.1) is 4.91 Å². The van der Waals surface area contributed by atoms with E-state index < -0.39 is 24.1 Å². The topological polar surface area (TPSA) is 127 Å². The summed E-state index contributed by atoms with van der Waals surface area (Å²) in [6.07, 6.45) is 0. The molecule has 1 aliphatic heterocycles. The van der Waals surface area contributed by atoms with Crippen LogP contribution < -0.4 is 4.90 Å². The van der Waals surface area contributed by atoms with Crippen molar-refractivity contribution in [2.45, 2.75) is 30.4 Å². The van der Waals surface area contributed by atoms with E-state index in [1.807, 2.05) is 12.1 Å². The van der Waals surface area contributed by atoms with Crippen molar-refractivity contribution in [3.05, 3.63) is 29.2 Å². The average Bonchev–Trinajstić information content (AvgIpc) is 3.02. The number of amidine groups is 1. The molecule has 26 heavy (non-hydrogen) atoms. The smallest absolute Gasteiger partial charge is 0.378 e. The van der Waals surface area contributed by atoms with Crippen LogP contribution in [0.1, 0.15) is 13.8 Å². The van der Waals surface area contributed by atoms with Gasteiger partial charge in [-0.1, -0.05) is 23.4 Å². The zero-order valence-electron chi connectivity index (χ0n) is 14.1. The first-order chi connectivity index (χ1) is 12.3. The summed E-state index contributed by atoms with van der Waals surface area (Å²) < 4.78 is 11.5. The van der Waals surface area contributed by atoms with Crippen molar-refractivity contribution in [3.63, 3.8) is 0 Å². The average molecular weight is 420 g/mol. The van der Waals surface area contributed by atoms with Crippen LogP contribution in [-0.2, 0) is 4.57 Å². The number of hydrogen-bond donors (Lipinski definition) is 2. The molecule has 0 aliphatic carbocycles. The number of anilines is 1. The van der Waals surface area contributed by atoms with Crippen LogP contribution in [0.2, 0.25) is 0 Å². The minimum absolute atomic E-state index is 0.146. The molecular formula is C14H19ClN5O4PS. The normalized spacial score (nSPS) is 23.5. The lowest BCUT2D eigenvalue weighted by Crippen LogP contribution is -2.27. The van der Waals surface area contributed by atoms with Crippen molar-refractivity contribution < 1.29 is 14.6 Å². The van der Waals surface area contributed by atoms with Crippen molar-refractivity contribution in [2.24, 2.45) is 20.2 Å². The molecule has 1 aliphatic rings. The summed E-state index contributed by atoms with van der Waals surface area (Å²) >= 11 is 6.82. The molecule has 0 bridgehead atoms. The lowest BCUT2D eigenvalue weighted by atomic mass is 10.2. The number of aliphatic hydroxyl groups is 1. The Labute approximate surface area is 160 Å². The number of rotatable bonds is 7. The number of thioether (sulfide) groups is 1. The van der Waals surface area contributed by atoms with E-state index in [4.69, 9.17) is 11.6 Å². The van der Waals surface area contributed by atoms with E-state index in [-0.39, 0.29) is 5.17 Å². The highest BCUT2D eigenvalue weighted by atomic mass is 35.5. The first-order valence-electron chi connectivity index (χ1n) is 7.83. The Kier molecular flexibility index (Phi) is 7.31. The maximum Gasteiger partial charge on any atom is 0.378 e. The van der Waals surface area contributed by atoms with E-state index in [0.717, 1.165) is 30.5 Å². The molecular weight excluding hydrogens is 401 g/mol. The van der Waals surface area contributed by atoms with Gasteiger partial charge in [0.05, 0.1) is 10.9 Å². The fraction of sp³-hybridized carbons (Fsp3) is 0.500. The van der Waals surface area contributed by atoms with Gasteiger partial charge in [-0.05, 0) is 38.1 Å². The number of alkyl halides is 1. The Morgan fingerprint density at radius 3 is 2.46 bits per heavy atom. The molecule has 1 heterocycles. The molecule has 12 heteroatoms. The summed E-state index contributed by atoms with van der Waals surface area (Å²) in [5.74, 6) is -1.92. The van der Waals surface area contributed by atoms with Crippen molar-refractivity contribution in [1.82, 2.24) is 0 Å². The Morgan fingerprint density at radius 2 is 1.92 bits per heavy atom. The second-order valence-electron chi connectivity index (χ2n) is 5.34. The van der Waals surface area contributed by atoms with Gasteiger partial charge in [-0.25, -0.2) is 4.99 Å². The van der Waals surface area contributed by atoms with Gasteiger partial charge >= 0.3 is 7.52 Å². The fourth-order valence-corrected chi connectivity index (χ4v) is 4.94. The van der Waals surface area contributed by atoms with E-state index in [1.54, 1.807) is 12.1 Å². The number of hydrogen-bond acceptors (Lipinski definition) is 8. The zero-order valence-corrected chi connectivity index (χ0v) is 16.6. The number of aliphatic imine (C=N–C) groups is 1. The maximum atomic E-state index is 11.5. The molecule has 0 aromatic heterocycles. The molecule has 0 spiro atoms. The SMILES string of the molecule is CCN(CC)c1ccc(N=NC2=NC(Cl)C(C(O)P(=O)(O)N=O)S2)cc1. The maximum absolute atomic E-state index is 11.5. The first-order valence-corrected chi connectivity index (χ1v) is 10.8. The molecule has 9 nitrogen and oxygen atoms in total. The third-order valence-corrected chi connectivity index (χ3v) is 6.88. The van der Waals surface area contributed by atoms with Gasteiger partial charge in [-0.2, -0.15) is 0 Å². The van der Waals surface area contributed by atoms with Crippen molar-refractivity contribution in [2.75, 3.05) is 18.0 Å². The largest absolute Gasteiger partial charge is 0.380 e. The van der Waals surface area contributed by atoms with Crippen LogP contribution >= 0.6 is 30.9 Å². The monoisotopic (exact) mass is 419 g/mol. The summed E-state index contributed by atoms with van der Waals surface area (Å²) in [6, 6.07) is 7.47. The van der Waals surface area contributed by atoms with Gasteiger partial charge in [-0.3, -0.25) is 4.57 Å². The highest BCUT2D eigenvalue weighted by Gasteiger charge is 2.45. The van der Waals surface area contributed by atoms with Gasteiger partial charge in [0.2, 0.25) is 5.17 Å². The predicted molar refractivity (Wildman–Crippen MR) is 105 cm³/mol. The molecule has 4 atom stereocenters. The Hall–Kier alpha value is -1.32. The second kappa shape index (κ2) is 9.05. The third kappa shape index (κ3) is 4.89. The highest BCUT2D eigenvalue weighted by molar-refractivity contribution is 8.15. The summed E-state index contributed by atoms with van der Waals surface area (Å²) in [4.78, 5) is 27.9. The summed E-state index contributed by atoms with van der Waals surface area (Å²) in [5.41, 5.74) is 0.656. The molecule has 0 radical (unpaired) electrons. The number of nitroso groups, excluding NO2 is 1. The summed E-state index contributed by atoms with van der Waals surface area (Å²) in [7, 11) is -4.61. The molecule has 1 aromatic rings. The standard InChI is InChI=1S/C14H19ClN5O4PS/c1-3-20(4-2)10-7-5-9(6-8-10)17-18-14-16-12(15)11(26-14)13(21)25(23,24)19-22/h5-8,11-13,21H,3-4H2,1-2H3,(H,23,24). The van der Waals surface area contributed by atoms with E-state index in [9.17, 15) is 19.5 Å². The minimum Gasteiger partial charge on any atom is -0.380 e. The van der Waals surface area contributed by atoms with Gasteiger partial charge in [0.15, 0.2) is 5.85 Å². The quantitative estimate of drug-likeness (QED) is 0.226. The summed E-state index contributed by atoms with van der Waals surface area (Å²) in [6.45, 7) is 5.95. The Morgan fingerprint density at radius 1 is 1.31 bits per heavy atom. The van der Waals surface area contributed by atoms with Crippen molar-refractivity contribution in [1.29, 1.82) is 0 Å². The Bertz CT molecular complexity index is 743. The lowest BCUT2D eigenvalue weighted by Gasteiger charge is -2.20. The Balaban J connectivity index is 2.04. The zero-order chi connectivity index (χ0) is 19.3. The van der Waals surface area contributed by atoms with Gasteiger partial charge < -0.3 is 14.9 Å². The molecule has 1 aromatic carbocycles. The van der Waals surface area contributed by atoms with Crippen molar-refractivity contribution >= 4 is 47.4 Å². The van der Waals surface area contributed by atoms with E-state index >= 15 is 0 Å². The third-order valence-electron chi connectivity index (χ3n) is 3.73. The van der Waals surface area contributed by atoms with Crippen LogP contribution in [0.5, 0.6) is 0 Å². The highest BCUT2D eigenvalue weighted by Crippen LogP contribution is 2.52. The molecule has 0 saturated heterocycles. The van der Waals surface area contributed by atoms with E-state index in [1.165, 1.54) is 0 Å². The van der Waals surface area contributed by atoms with Crippen molar-refractivity contribution in [3.8, 4) is 0 Å². The molecule has 0 amide bonds. The predicted octanol–water partition coefficient (Wildman–Crippen LogP) is 3.92. The van der Waals surface area contributed by atoms with Crippen LogP contribution in [-0.4, -0.2) is 44.9 Å². The number of azo groups is 1. The molecule has 2 N–H and O–H groups in total. The number of benzene rings is 1. The first kappa shape index (κ1) is 21.0. The second-order valence-corrected chi connectivity index (χ2v) is 8.80.